The van der Waals surface area contributed by atoms with Gasteiger partial charge in [-0.3, -0.25) is 4.79 Å². The standard InChI is InChI=1S/C10H8FN3OS/c11-5-1-2-7-6(3-5)10(16)14-9(13-7)4-8(12)15/h1-3H,4H2,(H2,12,15)(H,13,14,16). The number of hydrogen-bond donors (Lipinski definition) is 2. The fourth-order valence-corrected chi connectivity index (χ4v) is 1.70. The number of aromatic nitrogens is 2. The Morgan fingerprint density at radius 2 is 2.31 bits per heavy atom. The Morgan fingerprint density at radius 3 is 3.00 bits per heavy atom. The number of nitrogens with zero attached hydrogens (tertiary/aromatic N) is 1. The number of hydrogen-bond acceptors (Lipinski definition) is 3. The molecule has 0 spiro atoms. The number of fused-ring (bicyclic) bond motifs is 1. The maximum absolute atomic E-state index is 13.0. The van der Waals surface area contributed by atoms with Gasteiger partial charge in [-0.1, -0.05) is 12.2 Å². The van der Waals surface area contributed by atoms with E-state index >= 15 is 0 Å². The van der Waals surface area contributed by atoms with Gasteiger partial charge in [0.1, 0.15) is 16.3 Å². The van der Waals surface area contributed by atoms with E-state index in [0.717, 1.165) is 0 Å². The second kappa shape index (κ2) is 3.97. The average Bonchev–Trinajstić information content (AvgIpc) is 2.18. The third-order valence-corrected chi connectivity index (χ3v) is 2.38. The van der Waals surface area contributed by atoms with Gasteiger partial charge in [0.2, 0.25) is 5.91 Å². The first-order valence-corrected chi connectivity index (χ1v) is 4.94. The number of benzene rings is 1. The number of halogens is 1. The van der Waals surface area contributed by atoms with Crippen LogP contribution in [0, 0.1) is 10.5 Å². The van der Waals surface area contributed by atoms with Crippen LogP contribution in [0.15, 0.2) is 18.2 Å². The van der Waals surface area contributed by atoms with Crippen molar-refractivity contribution in [3.8, 4) is 0 Å². The number of carbonyl (C=O) groups is 1. The molecule has 16 heavy (non-hydrogen) atoms. The van der Waals surface area contributed by atoms with Crippen LogP contribution in [0.3, 0.4) is 0 Å². The summed E-state index contributed by atoms with van der Waals surface area (Å²) in [6.07, 6.45) is -0.0169. The van der Waals surface area contributed by atoms with Gasteiger partial charge in [0.15, 0.2) is 0 Å². The molecule has 82 valence electrons. The molecule has 0 aliphatic carbocycles. The van der Waals surface area contributed by atoms with Crippen molar-refractivity contribution < 1.29 is 9.18 Å². The molecule has 0 fully saturated rings. The Labute approximate surface area is 95.3 Å². The van der Waals surface area contributed by atoms with Crippen molar-refractivity contribution in [2.75, 3.05) is 0 Å². The molecule has 0 bridgehead atoms. The van der Waals surface area contributed by atoms with Crippen LogP contribution in [0.4, 0.5) is 4.39 Å². The summed E-state index contributed by atoms with van der Waals surface area (Å²) in [6.45, 7) is 0. The quantitative estimate of drug-likeness (QED) is 0.777. The van der Waals surface area contributed by atoms with Crippen molar-refractivity contribution in [3.63, 3.8) is 0 Å². The summed E-state index contributed by atoms with van der Waals surface area (Å²) in [4.78, 5) is 17.6. The molecule has 1 amide bonds. The highest BCUT2D eigenvalue weighted by atomic mass is 32.1. The Morgan fingerprint density at radius 1 is 1.56 bits per heavy atom. The first kappa shape index (κ1) is 10.7. The van der Waals surface area contributed by atoms with E-state index in [2.05, 4.69) is 9.97 Å². The summed E-state index contributed by atoms with van der Waals surface area (Å²) >= 11 is 5.00. The van der Waals surface area contributed by atoms with Gasteiger partial charge in [-0.05, 0) is 18.2 Å². The molecule has 0 unspecified atom stereocenters. The van der Waals surface area contributed by atoms with Gasteiger partial charge in [-0.2, -0.15) is 0 Å². The second-order valence-electron chi connectivity index (χ2n) is 3.32. The van der Waals surface area contributed by atoms with E-state index in [4.69, 9.17) is 18.0 Å². The molecule has 2 rings (SSSR count). The zero-order valence-electron chi connectivity index (χ0n) is 8.16. The zero-order valence-corrected chi connectivity index (χ0v) is 8.97. The molecule has 0 saturated carbocycles. The molecule has 4 nitrogen and oxygen atoms in total. The summed E-state index contributed by atoms with van der Waals surface area (Å²) in [6, 6.07) is 4.16. The average molecular weight is 237 g/mol. The molecule has 1 aromatic heterocycles. The van der Waals surface area contributed by atoms with Gasteiger partial charge in [-0.25, -0.2) is 9.37 Å². The molecule has 1 aromatic carbocycles. The Balaban J connectivity index is 2.64. The lowest BCUT2D eigenvalue weighted by Crippen LogP contribution is -2.15. The zero-order chi connectivity index (χ0) is 11.7. The third-order valence-electron chi connectivity index (χ3n) is 2.07. The van der Waals surface area contributed by atoms with Crippen molar-refractivity contribution in [1.29, 1.82) is 0 Å². The van der Waals surface area contributed by atoms with Crippen LogP contribution in [0.25, 0.3) is 10.9 Å². The van der Waals surface area contributed by atoms with Gasteiger partial charge in [0.05, 0.1) is 6.42 Å². The van der Waals surface area contributed by atoms with Crippen molar-refractivity contribution in [2.24, 2.45) is 5.73 Å². The smallest absolute Gasteiger partial charge is 0.225 e. The fraction of sp³-hybridized carbons (Fsp3) is 0.100. The number of amides is 1. The normalized spacial score (nSPS) is 10.6. The lowest BCUT2D eigenvalue weighted by molar-refractivity contribution is -0.117. The first-order chi connectivity index (χ1) is 7.56. The monoisotopic (exact) mass is 237 g/mol. The molecule has 0 aliphatic rings. The van der Waals surface area contributed by atoms with E-state index in [1.165, 1.54) is 12.1 Å². The molecule has 0 aliphatic heterocycles. The molecule has 2 aromatic rings. The number of primary amides is 1. The summed E-state index contributed by atoms with van der Waals surface area (Å²) in [5, 5.41) is 0.517. The Bertz CT molecular complexity index is 623. The number of nitrogens with one attached hydrogen (secondary N) is 1. The van der Waals surface area contributed by atoms with Crippen LogP contribution in [0.5, 0.6) is 0 Å². The minimum absolute atomic E-state index is 0.0169. The number of carbonyl (C=O) groups excluding carboxylic acids is 1. The lowest BCUT2D eigenvalue weighted by atomic mass is 10.2. The molecular formula is C10H8FN3OS. The molecule has 0 radical (unpaired) electrons. The highest BCUT2D eigenvalue weighted by molar-refractivity contribution is 7.71. The van der Waals surface area contributed by atoms with E-state index < -0.39 is 5.91 Å². The maximum atomic E-state index is 13.0. The molecule has 3 N–H and O–H groups in total. The predicted octanol–water partition coefficient (Wildman–Crippen LogP) is 1.46. The van der Waals surface area contributed by atoms with Gasteiger partial charge >= 0.3 is 0 Å². The Kier molecular flexibility index (Phi) is 2.66. The number of rotatable bonds is 2. The van der Waals surface area contributed by atoms with E-state index in [-0.39, 0.29) is 16.9 Å². The minimum Gasteiger partial charge on any atom is -0.369 e. The number of nitrogens with two attached hydrogens (primary N) is 1. The fourth-order valence-electron chi connectivity index (χ4n) is 1.42. The van der Waals surface area contributed by atoms with Crippen LogP contribution >= 0.6 is 12.2 Å². The van der Waals surface area contributed by atoms with E-state index in [1.807, 2.05) is 0 Å². The maximum Gasteiger partial charge on any atom is 0.225 e. The summed E-state index contributed by atoms with van der Waals surface area (Å²) < 4.78 is 13.2. The van der Waals surface area contributed by atoms with Crippen molar-refractivity contribution in [1.82, 2.24) is 9.97 Å². The lowest BCUT2D eigenvalue weighted by Gasteiger charge is -2.02. The van der Waals surface area contributed by atoms with Gasteiger partial charge in [-0.15, -0.1) is 0 Å². The summed E-state index contributed by atoms with van der Waals surface area (Å²) in [5.41, 5.74) is 5.69. The van der Waals surface area contributed by atoms with Crippen LogP contribution < -0.4 is 5.73 Å². The summed E-state index contributed by atoms with van der Waals surface area (Å²) in [7, 11) is 0. The van der Waals surface area contributed by atoms with Crippen LogP contribution in [-0.4, -0.2) is 15.9 Å². The van der Waals surface area contributed by atoms with Crippen molar-refractivity contribution >= 4 is 29.0 Å². The van der Waals surface area contributed by atoms with Crippen molar-refractivity contribution in [3.05, 3.63) is 34.5 Å². The molecule has 1 heterocycles. The second-order valence-corrected chi connectivity index (χ2v) is 3.71. The van der Waals surface area contributed by atoms with Crippen LogP contribution in [0.2, 0.25) is 0 Å². The van der Waals surface area contributed by atoms with E-state index in [0.29, 0.717) is 16.7 Å². The van der Waals surface area contributed by atoms with Gasteiger partial charge in [0.25, 0.3) is 0 Å². The summed E-state index contributed by atoms with van der Waals surface area (Å²) in [5.74, 6) is -0.493. The highest BCUT2D eigenvalue weighted by Crippen LogP contribution is 2.14. The largest absolute Gasteiger partial charge is 0.369 e. The molecule has 0 atom stereocenters. The third kappa shape index (κ3) is 2.06. The first-order valence-electron chi connectivity index (χ1n) is 4.53. The van der Waals surface area contributed by atoms with Gasteiger partial charge < -0.3 is 10.7 Å². The molecule has 0 saturated heterocycles. The number of H-pyrrole nitrogens is 1. The molecule has 6 heteroatoms. The predicted molar refractivity (Wildman–Crippen MR) is 59.8 cm³/mol. The van der Waals surface area contributed by atoms with Crippen molar-refractivity contribution in [2.45, 2.75) is 6.42 Å². The van der Waals surface area contributed by atoms with Crippen LogP contribution in [0.1, 0.15) is 5.82 Å². The topological polar surface area (TPSA) is 71.8 Å². The number of aromatic amines is 1. The van der Waals surface area contributed by atoms with Crippen LogP contribution in [-0.2, 0) is 11.2 Å². The molecular weight excluding hydrogens is 229 g/mol. The van der Waals surface area contributed by atoms with E-state index in [9.17, 15) is 9.18 Å². The Hall–Kier alpha value is -1.82. The highest BCUT2D eigenvalue weighted by Gasteiger charge is 2.04. The van der Waals surface area contributed by atoms with Gasteiger partial charge in [0, 0.05) is 10.9 Å². The SMILES string of the molecule is NC(=O)Cc1nc(=S)c2cc(F)ccc2[nH]1. The van der Waals surface area contributed by atoms with E-state index in [1.54, 1.807) is 6.07 Å². The minimum atomic E-state index is -0.500.